The fourth-order valence-electron chi connectivity index (χ4n) is 1.45. The molecule has 0 aliphatic carbocycles. The van der Waals surface area contributed by atoms with Crippen LogP contribution in [0.4, 0.5) is 5.69 Å². The molecule has 1 rings (SSSR count). The van der Waals surface area contributed by atoms with Gasteiger partial charge in [-0.25, -0.2) is 0 Å². The quantitative estimate of drug-likeness (QED) is 0.718. The molecule has 0 unspecified atom stereocenters. The molecular formula is C12H17N3O2. The summed E-state index contributed by atoms with van der Waals surface area (Å²) in [6.45, 7) is 3.56. The number of amides is 2. The van der Waals surface area contributed by atoms with Gasteiger partial charge in [0.05, 0.1) is 6.04 Å². The molecule has 17 heavy (non-hydrogen) atoms. The van der Waals surface area contributed by atoms with Crippen molar-refractivity contribution in [3.05, 3.63) is 29.3 Å². The number of nitrogens with one attached hydrogen (secondary N) is 1. The van der Waals surface area contributed by atoms with Gasteiger partial charge >= 0.3 is 0 Å². The van der Waals surface area contributed by atoms with Crippen molar-refractivity contribution in [1.29, 1.82) is 0 Å². The molecule has 0 saturated heterocycles. The lowest BCUT2D eigenvalue weighted by Gasteiger charge is -2.13. The highest BCUT2D eigenvalue weighted by Crippen LogP contribution is 2.18. The summed E-state index contributed by atoms with van der Waals surface area (Å²) in [6.07, 6.45) is 0.556. The smallest absolute Gasteiger partial charge is 0.249 e. The molecule has 5 heteroatoms. The molecule has 0 bridgehead atoms. The molecule has 5 nitrogen and oxygen atoms in total. The highest BCUT2D eigenvalue weighted by atomic mass is 16.2. The van der Waals surface area contributed by atoms with Crippen molar-refractivity contribution in [2.24, 2.45) is 11.5 Å². The molecule has 1 aromatic rings. The Morgan fingerprint density at radius 2 is 2.06 bits per heavy atom. The summed E-state index contributed by atoms with van der Waals surface area (Å²) >= 11 is 0. The lowest BCUT2D eigenvalue weighted by molar-refractivity contribution is -0.117. The topological polar surface area (TPSA) is 98.2 Å². The Labute approximate surface area is 100 Å². The largest absolute Gasteiger partial charge is 0.366 e. The van der Waals surface area contributed by atoms with Crippen LogP contribution in [-0.4, -0.2) is 17.9 Å². The van der Waals surface area contributed by atoms with Gasteiger partial charge in [-0.1, -0.05) is 13.0 Å². The number of carbonyl (C=O) groups is 2. The summed E-state index contributed by atoms with van der Waals surface area (Å²) in [7, 11) is 0. The van der Waals surface area contributed by atoms with Gasteiger partial charge in [-0.05, 0) is 31.0 Å². The zero-order chi connectivity index (χ0) is 13.0. The maximum absolute atomic E-state index is 11.6. The van der Waals surface area contributed by atoms with Crippen LogP contribution in [0.3, 0.4) is 0 Å². The van der Waals surface area contributed by atoms with Gasteiger partial charge in [0.25, 0.3) is 0 Å². The van der Waals surface area contributed by atoms with E-state index in [1.807, 2.05) is 6.92 Å². The summed E-state index contributed by atoms with van der Waals surface area (Å²) in [5.41, 5.74) is 12.4. The Balaban J connectivity index is 2.96. The van der Waals surface area contributed by atoms with Crippen LogP contribution in [-0.2, 0) is 4.79 Å². The van der Waals surface area contributed by atoms with Crippen LogP contribution in [0.5, 0.6) is 0 Å². The minimum atomic E-state index is -0.549. The first-order valence-corrected chi connectivity index (χ1v) is 5.43. The number of hydrogen-bond acceptors (Lipinski definition) is 3. The Morgan fingerprint density at radius 3 is 2.59 bits per heavy atom. The molecule has 0 radical (unpaired) electrons. The van der Waals surface area contributed by atoms with Crippen molar-refractivity contribution >= 4 is 17.5 Å². The lowest BCUT2D eigenvalue weighted by atomic mass is 10.1. The SMILES string of the molecule is CC[C@@H](N)C(=O)Nc1cccc(C(N)=O)c1C. The van der Waals surface area contributed by atoms with E-state index in [2.05, 4.69) is 5.32 Å². The van der Waals surface area contributed by atoms with Crippen molar-refractivity contribution in [3.63, 3.8) is 0 Å². The highest BCUT2D eigenvalue weighted by molar-refractivity contribution is 5.99. The zero-order valence-corrected chi connectivity index (χ0v) is 9.99. The second-order valence-corrected chi connectivity index (χ2v) is 3.85. The summed E-state index contributed by atoms with van der Waals surface area (Å²) in [6, 6.07) is 4.45. The van der Waals surface area contributed by atoms with E-state index in [1.165, 1.54) is 0 Å². The fourth-order valence-corrected chi connectivity index (χ4v) is 1.45. The van der Waals surface area contributed by atoms with Gasteiger partial charge in [0.2, 0.25) is 11.8 Å². The molecule has 2 amide bonds. The van der Waals surface area contributed by atoms with Gasteiger partial charge in [-0.2, -0.15) is 0 Å². The van der Waals surface area contributed by atoms with Crippen molar-refractivity contribution in [3.8, 4) is 0 Å². The first-order valence-electron chi connectivity index (χ1n) is 5.43. The third-order valence-electron chi connectivity index (χ3n) is 2.63. The van der Waals surface area contributed by atoms with E-state index in [9.17, 15) is 9.59 Å². The first-order chi connectivity index (χ1) is 7.97. The molecule has 0 aromatic heterocycles. The van der Waals surface area contributed by atoms with Crippen LogP contribution < -0.4 is 16.8 Å². The van der Waals surface area contributed by atoms with Crippen LogP contribution in [0.2, 0.25) is 0 Å². The normalized spacial score (nSPS) is 11.9. The highest BCUT2D eigenvalue weighted by Gasteiger charge is 2.14. The Kier molecular flexibility index (Phi) is 4.23. The van der Waals surface area contributed by atoms with Crippen molar-refractivity contribution < 1.29 is 9.59 Å². The number of hydrogen-bond donors (Lipinski definition) is 3. The summed E-state index contributed by atoms with van der Waals surface area (Å²) < 4.78 is 0. The summed E-state index contributed by atoms with van der Waals surface area (Å²) in [5.74, 6) is -0.782. The van der Waals surface area contributed by atoms with E-state index >= 15 is 0 Å². The first kappa shape index (κ1) is 13.2. The van der Waals surface area contributed by atoms with E-state index in [4.69, 9.17) is 11.5 Å². The monoisotopic (exact) mass is 235 g/mol. The Morgan fingerprint density at radius 1 is 1.41 bits per heavy atom. The zero-order valence-electron chi connectivity index (χ0n) is 9.99. The molecule has 0 heterocycles. The molecule has 92 valence electrons. The number of carbonyl (C=O) groups excluding carboxylic acids is 2. The van der Waals surface area contributed by atoms with E-state index in [0.29, 0.717) is 23.2 Å². The number of benzene rings is 1. The molecular weight excluding hydrogens is 218 g/mol. The predicted molar refractivity (Wildman–Crippen MR) is 66.6 cm³/mol. The van der Waals surface area contributed by atoms with Crippen LogP contribution in [0.15, 0.2) is 18.2 Å². The number of anilines is 1. The second kappa shape index (κ2) is 5.45. The van der Waals surface area contributed by atoms with E-state index in [1.54, 1.807) is 25.1 Å². The summed E-state index contributed by atoms with van der Waals surface area (Å²) in [4.78, 5) is 22.8. The van der Waals surface area contributed by atoms with Gasteiger partial charge in [0.1, 0.15) is 0 Å². The van der Waals surface area contributed by atoms with E-state index in [0.717, 1.165) is 0 Å². The second-order valence-electron chi connectivity index (χ2n) is 3.85. The third kappa shape index (κ3) is 3.04. The number of rotatable bonds is 4. The van der Waals surface area contributed by atoms with Gasteiger partial charge in [0.15, 0.2) is 0 Å². The molecule has 1 atom stereocenters. The molecule has 0 fully saturated rings. The number of nitrogens with two attached hydrogens (primary N) is 2. The van der Waals surface area contributed by atoms with E-state index < -0.39 is 11.9 Å². The van der Waals surface area contributed by atoms with Gasteiger partial charge in [0, 0.05) is 11.3 Å². The summed E-state index contributed by atoms with van der Waals surface area (Å²) in [5, 5.41) is 2.68. The number of primary amides is 1. The van der Waals surface area contributed by atoms with Gasteiger partial charge < -0.3 is 16.8 Å². The van der Waals surface area contributed by atoms with Crippen molar-refractivity contribution in [1.82, 2.24) is 0 Å². The van der Waals surface area contributed by atoms with Gasteiger partial charge in [-0.15, -0.1) is 0 Å². The maximum Gasteiger partial charge on any atom is 0.249 e. The van der Waals surface area contributed by atoms with Crippen LogP contribution in [0, 0.1) is 6.92 Å². The third-order valence-corrected chi connectivity index (χ3v) is 2.63. The molecule has 1 aromatic carbocycles. The molecule has 5 N–H and O–H groups in total. The van der Waals surface area contributed by atoms with Crippen LogP contribution in [0.1, 0.15) is 29.3 Å². The van der Waals surface area contributed by atoms with Crippen LogP contribution in [0.25, 0.3) is 0 Å². The standard InChI is InChI=1S/C12H17N3O2/c1-3-9(13)12(17)15-10-6-4-5-8(7(10)2)11(14)16/h4-6,9H,3,13H2,1-2H3,(H2,14,16)(H,15,17)/t9-/m1/s1. The van der Waals surface area contributed by atoms with Gasteiger partial charge in [-0.3, -0.25) is 9.59 Å². The molecule has 0 aliphatic heterocycles. The van der Waals surface area contributed by atoms with E-state index in [-0.39, 0.29) is 5.91 Å². The van der Waals surface area contributed by atoms with Crippen molar-refractivity contribution in [2.75, 3.05) is 5.32 Å². The molecule has 0 aliphatic rings. The average Bonchev–Trinajstić information content (AvgIpc) is 2.30. The Bertz CT molecular complexity index is 443. The minimum absolute atomic E-state index is 0.266. The maximum atomic E-state index is 11.6. The van der Waals surface area contributed by atoms with Crippen molar-refractivity contribution in [2.45, 2.75) is 26.3 Å². The molecule has 0 spiro atoms. The lowest BCUT2D eigenvalue weighted by Crippen LogP contribution is -2.35. The predicted octanol–water partition coefficient (Wildman–Crippen LogP) is 0.770. The Hall–Kier alpha value is -1.88. The molecule has 0 saturated carbocycles. The van der Waals surface area contributed by atoms with Crippen LogP contribution >= 0.6 is 0 Å². The average molecular weight is 235 g/mol. The fraction of sp³-hybridized carbons (Fsp3) is 0.333. The minimum Gasteiger partial charge on any atom is -0.366 e.